The van der Waals surface area contributed by atoms with Crippen molar-refractivity contribution in [1.29, 1.82) is 0 Å². The number of rotatable bonds is 41. The minimum atomic E-state index is -1.25. The molecular weight excluding hydrogens is 813 g/mol. The Morgan fingerprint density at radius 1 is 0.746 bits per heavy atom. The number of aromatic nitrogens is 2. The van der Waals surface area contributed by atoms with E-state index in [0.29, 0.717) is 37.9 Å². The van der Waals surface area contributed by atoms with E-state index in [1.54, 1.807) is 13.8 Å². The summed E-state index contributed by atoms with van der Waals surface area (Å²) in [4.78, 5) is 92.7. The molecule has 18 heteroatoms. The number of nitrogens with one attached hydrogen (secondary N) is 7. The molecule has 8 N–H and O–H groups in total. The van der Waals surface area contributed by atoms with Gasteiger partial charge < -0.3 is 46.1 Å². The molecule has 0 aliphatic carbocycles. The van der Waals surface area contributed by atoms with Crippen molar-refractivity contribution in [3.05, 3.63) is 18.2 Å². The molecule has 63 heavy (non-hydrogen) atoms. The number of carboxylic acid groups (broad SMARTS) is 1. The Balaban J connectivity index is 2.08. The zero-order valence-electron chi connectivity index (χ0n) is 38.5. The van der Waals surface area contributed by atoms with Crippen molar-refractivity contribution in [3.63, 3.8) is 0 Å². The largest absolute Gasteiger partial charge is 0.480 e. The zero-order valence-corrected chi connectivity index (χ0v) is 38.5. The quantitative estimate of drug-likeness (QED) is 0.0462. The van der Waals surface area contributed by atoms with Crippen molar-refractivity contribution >= 4 is 41.2 Å². The van der Waals surface area contributed by atoms with Gasteiger partial charge in [-0.15, -0.1) is 0 Å². The summed E-state index contributed by atoms with van der Waals surface area (Å²) in [6.45, 7) is 7.56. The van der Waals surface area contributed by atoms with Crippen molar-refractivity contribution in [2.24, 2.45) is 0 Å². The third-order valence-corrected chi connectivity index (χ3v) is 10.6. The first-order valence-electron chi connectivity index (χ1n) is 23.1. The van der Waals surface area contributed by atoms with Gasteiger partial charge in [0.05, 0.1) is 44.3 Å². The monoisotopic (exact) mass is 892 g/mol. The van der Waals surface area contributed by atoms with E-state index in [0.717, 1.165) is 19.3 Å². The first-order chi connectivity index (χ1) is 30.2. The van der Waals surface area contributed by atoms with E-state index in [1.807, 2.05) is 0 Å². The Hall–Kier alpha value is -4.26. The molecule has 0 aliphatic heterocycles. The number of aromatic amines is 1. The average Bonchev–Trinajstić information content (AvgIpc) is 3.75. The number of amides is 4. The fourth-order valence-corrected chi connectivity index (χ4v) is 6.65. The second kappa shape index (κ2) is 35.1. The number of aliphatic carboxylic acids is 1. The van der Waals surface area contributed by atoms with Crippen LogP contribution in [0.15, 0.2) is 12.5 Å². The van der Waals surface area contributed by atoms with Crippen molar-refractivity contribution in [2.45, 2.75) is 180 Å². The van der Waals surface area contributed by atoms with E-state index in [1.165, 1.54) is 77.2 Å². The molecule has 18 nitrogen and oxygen atoms in total. The predicted octanol–water partition coefficient (Wildman–Crippen LogP) is 3.88. The number of unbranched alkanes of at least 4 members (excludes halogenated alkanes) is 13. The highest BCUT2D eigenvalue weighted by Gasteiger charge is 2.32. The number of carboxylic acids is 1. The van der Waals surface area contributed by atoms with Crippen LogP contribution in [-0.2, 0) is 49.5 Å². The van der Waals surface area contributed by atoms with Crippen LogP contribution in [0.2, 0.25) is 0 Å². The lowest BCUT2D eigenvalue weighted by molar-refractivity contribution is -0.142. The van der Waals surface area contributed by atoms with Crippen LogP contribution >= 0.6 is 0 Å². The molecule has 1 aromatic heterocycles. The van der Waals surface area contributed by atoms with Gasteiger partial charge in [-0.05, 0) is 52.9 Å². The Bertz CT molecular complexity index is 1460. The van der Waals surface area contributed by atoms with E-state index < -0.39 is 35.5 Å². The number of ketones is 2. The first kappa shape index (κ1) is 56.8. The SMILES string of the molecule is CCCCCCCCCCCCCCCC(=O)N[C@@H](CCC(=O)NCCOCCOCC(=O)NCCCC[C@H](NCC(=O)C(C)(C)NC(=O)[C@@H]([NH])Cc1cnc[nH]1)C(C)=O)C(=O)O. The molecule has 0 bridgehead atoms. The molecule has 0 saturated heterocycles. The van der Waals surface area contributed by atoms with Gasteiger partial charge in [0.15, 0.2) is 5.78 Å². The van der Waals surface area contributed by atoms with Gasteiger partial charge in [-0.3, -0.25) is 28.8 Å². The van der Waals surface area contributed by atoms with E-state index in [4.69, 9.17) is 15.2 Å². The van der Waals surface area contributed by atoms with Crippen molar-refractivity contribution in [3.8, 4) is 0 Å². The Kier molecular flexibility index (Phi) is 31.7. The van der Waals surface area contributed by atoms with Crippen LogP contribution in [0.4, 0.5) is 0 Å². The van der Waals surface area contributed by atoms with Gasteiger partial charge >= 0.3 is 5.97 Å². The molecule has 359 valence electrons. The molecule has 0 unspecified atom stereocenters. The lowest BCUT2D eigenvalue weighted by Crippen LogP contribution is -2.56. The number of hydrogen-bond acceptors (Lipinski definition) is 11. The second-order valence-electron chi connectivity index (χ2n) is 16.8. The first-order valence-corrected chi connectivity index (χ1v) is 23.1. The normalized spacial score (nSPS) is 12.8. The topological polar surface area (TPSA) is 271 Å². The molecule has 0 aliphatic rings. The van der Waals surface area contributed by atoms with Crippen LogP contribution in [0.25, 0.3) is 0 Å². The molecule has 4 amide bonds. The van der Waals surface area contributed by atoms with Crippen LogP contribution in [0.3, 0.4) is 0 Å². The number of ether oxygens (including phenoxy) is 2. The number of H-pyrrole nitrogens is 1. The Morgan fingerprint density at radius 2 is 1.37 bits per heavy atom. The number of nitrogens with zero attached hydrogens (tertiary/aromatic N) is 1. The van der Waals surface area contributed by atoms with Crippen LogP contribution in [0.1, 0.15) is 155 Å². The van der Waals surface area contributed by atoms with Gasteiger partial charge in [-0.2, -0.15) is 0 Å². The molecule has 1 heterocycles. The number of carbonyl (C=O) groups excluding carboxylic acids is 6. The van der Waals surface area contributed by atoms with E-state index in [2.05, 4.69) is 43.5 Å². The van der Waals surface area contributed by atoms with Crippen molar-refractivity contribution in [1.82, 2.24) is 42.3 Å². The Labute approximate surface area is 374 Å². The molecular formula is C45H79N8O10. The molecule has 1 rings (SSSR count). The van der Waals surface area contributed by atoms with Crippen LogP contribution in [0, 0.1) is 0 Å². The average molecular weight is 892 g/mol. The van der Waals surface area contributed by atoms with Crippen LogP contribution in [-0.4, -0.2) is 126 Å². The number of carbonyl (C=O) groups is 7. The zero-order chi connectivity index (χ0) is 46.7. The third-order valence-electron chi connectivity index (χ3n) is 10.6. The van der Waals surface area contributed by atoms with Gasteiger partial charge in [0.25, 0.3) is 0 Å². The summed E-state index contributed by atoms with van der Waals surface area (Å²) in [5, 5.41) is 23.1. The molecule has 3 atom stereocenters. The number of Topliss-reactive ketones (excluding diaryl/α,β-unsaturated/α-hetero) is 2. The van der Waals surface area contributed by atoms with Crippen LogP contribution in [0.5, 0.6) is 0 Å². The summed E-state index contributed by atoms with van der Waals surface area (Å²) in [6, 6.07) is -2.83. The third kappa shape index (κ3) is 29.7. The fraction of sp³-hybridized carbons (Fsp3) is 0.778. The van der Waals surface area contributed by atoms with Crippen molar-refractivity contribution in [2.75, 3.05) is 46.1 Å². The van der Waals surface area contributed by atoms with E-state index in [9.17, 15) is 38.7 Å². The minimum absolute atomic E-state index is 0.0212. The predicted molar refractivity (Wildman–Crippen MR) is 239 cm³/mol. The van der Waals surface area contributed by atoms with Gasteiger partial charge in [-0.25, -0.2) is 15.5 Å². The number of hydrogen-bond donors (Lipinski definition) is 7. The fourth-order valence-electron chi connectivity index (χ4n) is 6.65. The smallest absolute Gasteiger partial charge is 0.326 e. The summed E-state index contributed by atoms with van der Waals surface area (Å²) in [7, 11) is 0. The Morgan fingerprint density at radius 3 is 1.97 bits per heavy atom. The molecule has 1 aromatic rings. The highest BCUT2D eigenvalue weighted by atomic mass is 16.5. The summed E-state index contributed by atoms with van der Waals surface area (Å²) in [6.07, 6.45) is 20.5. The van der Waals surface area contributed by atoms with Gasteiger partial charge in [0.2, 0.25) is 23.6 Å². The molecule has 0 fully saturated rings. The minimum Gasteiger partial charge on any atom is -0.480 e. The highest BCUT2D eigenvalue weighted by Crippen LogP contribution is 2.13. The number of imidazole rings is 1. The standard InChI is InChI=1S/C45H79N8O10/c1-5-6-7-8-9-10-11-12-13-14-15-16-17-21-41(57)52-38(44(60)61)22-23-40(56)49-25-26-62-27-28-63-32-42(58)48-24-19-18-20-37(34(2)54)50-31-39(55)45(3,4)53-43(59)36(46)29-35-30-47-33-51-35/h30,33,36-38,46,50H,5-29,31-32H2,1-4H3,(H,47,51)(H,48,58)(H,49,56)(H,52,57)(H,53,59)(H,60,61)/t36-,37-,38-/m0/s1. The summed E-state index contributed by atoms with van der Waals surface area (Å²) in [5.74, 6) is -3.22. The van der Waals surface area contributed by atoms with Gasteiger partial charge in [-0.1, -0.05) is 84.0 Å². The molecule has 0 spiro atoms. The summed E-state index contributed by atoms with van der Waals surface area (Å²) >= 11 is 0. The maximum Gasteiger partial charge on any atom is 0.326 e. The summed E-state index contributed by atoms with van der Waals surface area (Å²) < 4.78 is 10.8. The molecule has 0 aromatic carbocycles. The van der Waals surface area contributed by atoms with Crippen LogP contribution < -0.4 is 32.3 Å². The molecule has 0 saturated carbocycles. The van der Waals surface area contributed by atoms with Crippen molar-refractivity contribution < 1.29 is 48.1 Å². The highest BCUT2D eigenvalue weighted by molar-refractivity contribution is 5.95. The lowest BCUT2D eigenvalue weighted by atomic mass is 9.97. The second-order valence-corrected chi connectivity index (χ2v) is 16.8. The maximum atomic E-state index is 12.9. The van der Waals surface area contributed by atoms with Gasteiger partial charge in [0.1, 0.15) is 24.5 Å². The van der Waals surface area contributed by atoms with E-state index in [-0.39, 0.29) is 94.5 Å². The van der Waals surface area contributed by atoms with E-state index >= 15 is 0 Å². The molecule has 1 radical (unpaired) electrons. The lowest BCUT2D eigenvalue weighted by Gasteiger charge is -2.27. The van der Waals surface area contributed by atoms with Gasteiger partial charge in [0, 0.05) is 44.2 Å². The summed E-state index contributed by atoms with van der Waals surface area (Å²) in [5.41, 5.74) is 7.48. The maximum absolute atomic E-state index is 12.9.